The van der Waals surface area contributed by atoms with E-state index in [1.165, 1.54) is 11.1 Å². The van der Waals surface area contributed by atoms with Gasteiger partial charge in [0.05, 0.1) is 0 Å². The molecule has 0 saturated carbocycles. The SMILES string of the molecule is Cc1ccc(CN(C)CCN(C)C(=O)OC(C)(C)C)c(Br)c1. The molecule has 0 fully saturated rings. The second-order valence-electron chi connectivity index (χ2n) is 6.73. The highest BCUT2D eigenvalue weighted by Gasteiger charge is 2.19. The van der Waals surface area contributed by atoms with Crippen molar-refractivity contribution in [2.45, 2.75) is 39.8 Å². The van der Waals surface area contributed by atoms with E-state index in [-0.39, 0.29) is 6.09 Å². The topological polar surface area (TPSA) is 32.8 Å². The fourth-order valence-corrected chi connectivity index (χ4v) is 2.52. The first-order valence-electron chi connectivity index (χ1n) is 7.46. The van der Waals surface area contributed by atoms with Crippen LogP contribution >= 0.6 is 15.9 Å². The van der Waals surface area contributed by atoms with Crippen molar-refractivity contribution in [1.82, 2.24) is 9.80 Å². The Morgan fingerprint density at radius 3 is 2.41 bits per heavy atom. The average Bonchev–Trinajstić information content (AvgIpc) is 2.37. The van der Waals surface area contributed by atoms with Crippen molar-refractivity contribution in [2.24, 2.45) is 0 Å². The van der Waals surface area contributed by atoms with Crippen molar-refractivity contribution in [3.05, 3.63) is 33.8 Å². The standard InChI is InChI=1S/C17H27BrN2O2/c1-13-7-8-14(15(18)11-13)12-19(5)9-10-20(6)16(21)22-17(2,3)4/h7-8,11H,9-10,12H2,1-6H3. The lowest BCUT2D eigenvalue weighted by Gasteiger charge is -2.26. The summed E-state index contributed by atoms with van der Waals surface area (Å²) in [7, 11) is 3.82. The summed E-state index contributed by atoms with van der Waals surface area (Å²) in [5.41, 5.74) is 2.03. The summed E-state index contributed by atoms with van der Waals surface area (Å²) in [5.74, 6) is 0. The Balaban J connectivity index is 2.45. The molecule has 0 spiro atoms. The van der Waals surface area contributed by atoms with Gasteiger partial charge in [-0.05, 0) is 51.9 Å². The molecule has 0 aliphatic rings. The van der Waals surface area contributed by atoms with Crippen LogP contribution in [0.15, 0.2) is 22.7 Å². The van der Waals surface area contributed by atoms with E-state index in [1.54, 1.807) is 11.9 Å². The van der Waals surface area contributed by atoms with E-state index < -0.39 is 5.60 Å². The van der Waals surface area contributed by atoms with E-state index in [0.29, 0.717) is 6.54 Å². The summed E-state index contributed by atoms with van der Waals surface area (Å²) >= 11 is 3.60. The lowest BCUT2D eigenvalue weighted by Crippen LogP contribution is -2.38. The first-order valence-corrected chi connectivity index (χ1v) is 8.25. The van der Waals surface area contributed by atoms with Gasteiger partial charge < -0.3 is 14.5 Å². The summed E-state index contributed by atoms with van der Waals surface area (Å²) < 4.78 is 6.47. The predicted molar refractivity (Wildman–Crippen MR) is 94.1 cm³/mol. The number of rotatable bonds is 5. The molecular formula is C17H27BrN2O2. The van der Waals surface area contributed by atoms with E-state index in [1.807, 2.05) is 20.8 Å². The quantitative estimate of drug-likeness (QED) is 0.783. The second-order valence-corrected chi connectivity index (χ2v) is 7.59. The molecule has 4 nitrogen and oxygen atoms in total. The number of nitrogens with zero attached hydrogens (tertiary/aromatic N) is 2. The maximum Gasteiger partial charge on any atom is 0.410 e. The average molecular weight is 371 g/mol. The third-order valence-electron chi connectivity index (χ3n) is 3.17. The number of carbonyl (C=O) groups is 1. The third kappa shape index (κ3) is 6.79. The second kappa shape index (κ2) is 7.97. The van der Waals surface area contributed by atoms with Crippen molar-refractivity contribution in [3.8, 4) is 0 Å². The van der Waals surface area contributed by atoms with Crippen LogP contribution in [0.1, 0.15) is 31.9 Å². The molecule has 0 unspecified atom stereocenters. The number of halogens is 1. The molecule has 0 aliphatic carbocycles. The number of amides is 1. The monoisotopic (exact) mass is 370 g/mol. The number of likely N-dealkylation sites (N-methyl/N-ethyl adjacent to an activating group) is 2. The van der Waals surface area contributed by atoms with Gasteiger partial charge in [0.2, 0.25) is 0 Å². The summed E-state index contributed by atoms with van der Waals surface area (Å²) in [5, 5.41) is 0. The van der Waals surface area contributed by atoms with Gasteiger partial charge in [0.1, 0.15) is 5.60 Å². The lowest BCUT2D eigenvalue weighted by atomic mass is 10.1. The molecule has 1 aromatic carbocycles. The molecule has 0 saturated heterocycles. The Hall–Kier alpha value is -1.07. The smallest absolute Gasteiger partial charge is 0.410 e. The molecule has 124 valence electrons. The largest absolute Gasteiger partial charge is 0.444 e. The van der Waals surface area contributed by atoms with Crippen molar-refractivity contribution in [2.75, 3.05) is 27.2 Å². The molecule has 0 bridgehead atoms. The van der Waals surface area contributed by atoms with E-state index in [9.17, 15) is 4.79 Å². The third-order valence-corrected chi connectivity index (χ3v) is 3.91. The van der Waals surface area contributed by atoms with Crippen LogP contribution < -0.4 is 0 Å². The van der Waals surface area contributed by atoms with Crippen molar-refractivity contribution in [3.63, 3.8) is 0 Å². The highest BCUT2D eigenvalue weighted by molar-refractivity contribution is 9.10. The first-order chi connectivity index (χ1) is 10.1. The van der Waals surface area contributed by atoms with Gasteiger partial charge >= 0.3 is 6.09 Å². The fourth-order valence-electron chi connectivity index (χ4n) is 1.90. The summed E-state index contributed by atoms with van der Waals surface area (Å²) in [6.45, 7) is 9.96. The molecule has 0 aromatic heterocycles. The molecule has 0 N–H and O–H groups in total. The number of benzene rings is 1. The van der Waals surface area contributed by atoms with E-state index in [2.05, 4.69) is 53.0 Å². The Labute approximate surface area is 142 Å². The minimum Gasteiger partial charge on any atom is -0.444 e. The molecular weight excluding hydrogens is 344 g/mol. The fraction of sp³-hybridized carbons (Fsp3) is 0.588. The normalized spacial score (nSPS) is 11.6. The van der Waals surface area contributed by atoms with Crippen LogP contribution in [0.3, 0.4) is 0 Å². The van der Waals surface area contributed by atoms with Crippen LogP contribution in [0.5, 0.6) is 0 Å². The Morgan fingerprint density at radius 2 is 1.86 bits per heavy atom. The van der Waals surface area contributed by atoms with Crippen LogP contribution in [0.25, 0.3) is 0 Å². The van der Waals surface area contributed by atoms with E-state index in [4.69, 9.17) is 4.74 Å². The van der Waals surface area contributed by atoms with Crippen molar-refractivity contribution in [1.29, 1.82) is 0 Å². The molecule has 5 heteroatoms. The molecule has 0 atom stereocenters. The molecule has 0 radical (unpaired) electrons. The van der Waals surface area contributed by atoms with Gasteiger partial charge in [-0.15, -0.1) is 0 Å². The number of ether oxygens (including phenoxy) is 1. The molecule has 1 rings (SSSR count). The Bertz CT molecular complexity index is 512. The lowest BCUT2D eigenvalue weighted by molar-refractivity contribution is 0.0286. The molecule has 0 heterocycles. The zero-order valence-electron chi connectivity index (χ0n) is 14.4. The highest BCUT2D eigenvalue weighted by Crippen LogP contribution is 2.19. The van der Waals surface area contributed by atoms with Gasteiger partial charge in [-0.2, -0.15) is 0 Å². The van der Waals surface area contributed by atoms with Gasteiger partial charge in [0.15, 0.2) is 0 Å². The summed E-state index contributed by atoms with van der Waals surface area (Å²) in [6.07, 6.45) is -0.280. The highest BCUT2D eigenvalue weighted by atomic mass is 79.9. The zero-order chi connectivity index (χ0) is 16.9. The molecule has 1 aromatic rings. The molecule has 0 aliphatic heterocycles. The Morgan fingerprint density at radius 1 is 1.23 bits per heavy atom. The van der Waals surface area contributed by atoms with Crippen LogP contribution in [-0.2, 0) is 11.3 Å². The van der Waals surface area contributed by atoms with Gasteiger partial charge in [-0.3, -0.25) is 0 Å². The van der Waals surface area contributed by atoms with Crippen molar-refractivity contribution < 1.29 is 9.53 Å². The van der Waals surface area contributed by atoms with Crippen LogP contribution in [0, 0.1) is 6.92 Å². The predicted octanol–water partition coefficient (Wildman–Crippen LogP) is 4.06. The zero-order valence-corrected chi connectivity index (χ0v) is 16.0. The summed E-state index contributed by atoms with van der Waals surface area (Å²) in [4.78, 5) is 15.7. The summed E-state index contributed by atoms with van der Waals surface area (Å²) in [6, 6.07) is 6.37. The number of hydrogen-bond donors (Lipinski definition) is 0. The van der Waals surface area contributed by atoms with Gasteiger partial charge in [-0.1, -0.05) is 28.1 Å². The van der Waals surface area contributed by atoms with Gasteiger partial charge in [-0.25, -0.2) is 4.79 Å². The number of hydrogen-bond acceptors (Lipinski definition) is 3. The van der Waals surface area contributed by atoms with Crippen molar-refractivity contribution >= 4 is 22.0 Å². The number of aryl methyl sites for hydroxylation is 1. The minimum absolute atomic E-state index is 0.280. The minimum atomic E-state index is -0.454. The van der Waals surface area contributed by atoms with Gasteiger partial charge in [0, 0.05) is 31.2 Å². The maximum absolute atomic E-state index is 11.9. The van der Waals surface area contributed by atoms with Gasteiger partial charge in [0.25, 0.3) is 0 Å². The molecule has 1 amide bonds. The van der Waals surface area contributed by atoms with Crippen LogP contribution in [-0.4, -0.2) is 48.7 Å². The first kappa shape index (κ1) is 19.0. The van der Waals surface area contributed by atoms with E-state index in [0.717, 1.165) is 17.6 Å². The van der Waals surface area contributed by atoms with Crippen LogP contribution in [0.4, 0.5) is 4.79 Å². The van der Waals surface area contributed by atoms with E-state index >= 15 is 0 Å². The van der Waals surface area contributed by atoms with Crippen LogP contribution in [0.2, 0.25) is 0 Å². The number of carbonyl (C=O) groups excluding carboxylic acids is 1. The maximum atomic E-state index is 11.9. The molecule has 22 heavy (non-hydrogen) atoms. The Kier molecular flexibility index (Phi) is 6.88.